The molecule has 0 amide bonds. The number of nitrogens with zero attached hydrogens (tertiary/aromatic N) is 4. The van der Waals surface area contributed by atoms with Gasteiger partial charge in [0.25, 0.3) is 0 Å². The smallest absolute Gasteiger partial charge is 0.144 e. The highest BCUT2D eigenvalue weighted by atomic mass is 16.5. The monoisotopic (exact) mass is 432 g/mol. The number of nitrogens with one attached hydrogen (secondary N) is 2. The van der Waals surface area contributed by atoms with Gasteiger partial charge in [-0.05, 0) is 31.2 Å². The van der Waals surface area contributed by atoms with Gasteiger partial charge >= 0.3 is 0 Å². The van der Waals surface area contributed by atoms with Crippen molar-refractivity contribution in [3.05, 3.63) is 54.7 Å². The van der Waals surface area contributed by atoms with Crippen molar-refractivity contribution < 1.29 is 14.0 Å². The summed E-state index contributed by atoms with van der Waals surface area (Å²) in [6, 6.07) is 9.92. The maximum atomic E-state index is 5.65. The molecule has 0 radical (unpaired) electrons. The summed E-state index contributed by atoms with van der Waals surface area (Å²) in [5, 5.41) is 14.6. The fourth-order valence-corrected chi connectivity index (χ4v) is 3.87. The molecule has 1 aliphatic heterocycles. The van der Waals surface area contributed by atoms with E-state index >= 15 is 0 Å². The third-order valence-electron chi connectivity index (χ3n) is 5.53. The van der Waals surface area contributed by atoms with Crippen molar-refractivity contribution in [1.82, 2.24) is 20.3 Å². The Morgan fingerprint density at radius 2 is 2.00 bits per heavy atom. The zero-order valence-electron chi connectivity index (χ0n) is 18.0. The highest BCUT2D eigenvalue weighted by Crippen LogP contribution is 2.35. The number of aromatic nitrogens is 4. The summed E-state index contributed by atoms with van der Waals surface area (Å²) in [6.07, 6.45) is 5.15. The SMILES string of the molecule is COc1cc(Nc2cc(-c3nocc3-c3cn[nH]c3C)ccn2)ccc1N1CCOCC1. The first-order chi connectivity index (χ1) is 15.7. The van der Waals surface area contributed by atoms with Crippen LogP contribution in [0.5, 0.6) is 5.75 Å². The van der Waals surface area contributed by atoms with Gasteiger partial charge in [-0.3, -0.25) is 5.10 Å². The number of benzene rings is 1. The Bertz CT molecular complexity index is 1210. The quantitative estimate of drug-likeness (QED) is 0.471. The highest BCUT2D eigenvalue weighted by molar-refractivity contribution is 5.81. The molecule has 164 valence electrons. The van der Waals surface area contributed by atoms with Crippen LogP contribution in [0.4, 0.5) is 17.2 Å². The average Bonchev–Trinajstić information content (AvgIpc) is 3.48. The molecular weight excluding hydrogens is 408 g/mol. The second-order valence-corrected chi connectivity index (χ2v) is 7.53. The van der Waals surface area contributed by atoms with Crippen LogP contribution in [0.25, 0.3) is 22.4 Å². The van der Waals surface area contributed by atoms with E-state index < -0.39 is 0 Å². The third kappa shape index (κ3) is 3.90. The lowest BCUT2D eigenvalue weighted by molar-refractivity contribution is 0.122. The molecule has 1 aromatic carbocycles. The summed E-state index contributed by atoms with van der Waals surface area (Å²) in [7, 11) is 1.69. The van der Waals surface area contributed by atoms with Crippen molar-refractivity contribution in [2.24, 2.45) is 0 Å². The Balaban J connectivity index is 1.41. The number of pyridine rings is 1. The first-order valence-corrected chi connectivity index (χ1v) is 10.4. The summed E-state index contributed by atoms with van der Waals surface area (Å²) >= 11 is 0. The standard InChI is InChI=1S/C23H24N6O3/c1-15-18(13-25-27-15)19-14-32-28-23(19)16-5-6-24-22(11-16)26-17-3-4-20(21(12-17)30-2)29-7-9-31-10-8-29/h3-6,11-14H,7-10H2,1-2H3,(H,24,26)(H,25,27). The molecule has 0 saturated carbocycles. The molecule has 1 aliphatic rings. The molecule has 1 saturated heterocycles. The zero-order chi connectivity index (χ0) is 21.9. The molecule has 0 aliphatic carbocycles. The van der Waals surface area contributed by atoms with E-state index in [4.69, 9.17) is 14.0 Å². The summed E-state index contributed by atoms with van der Waals surface area (Å²) in [5.74, 6) is 1.50. The molecule has 0 unspecified atom stereocenters. The van der Waals surface area contributed by atoms with E-state index in [1.807, 2.05) is 31.2 Å². The van der Waals surface area contributed by atoms with Crippen LogP contribution in [0.3, 0.4) is 0 Å². The van der Waals surface area contributed by atoms with Crippen molar-refractivity contribution in [3.8, 4) is 28.1 Å². The minimum Gasteiger partial charge on any atom is -0.495 e. The van der Waals surface area contributed by atoms with E-state index in [0.717, 1.165) is 71.5 Å². The number of H-pyrrole nitrogens is 1. The fourth-order valence-electron chi connectivity index (χ4n) is 3.87. The van der Waals surface area contributed by atoms with Gasteiger partial charge in [0, 0.05) is 47.9 Å². The van der Waals surface area contributed by atoms with Gasteiger partial charge < -0.3 is 24.2 Å². The van der Waals surface area contributed by atoms with E-state index in [1.165, 1.54) is 0 Å². The van der Waals surface area contributed by atoms with Crippen molar-refractivity contribution in [2.45, 2.75) is 6.92 Å². The second kappa shape index (κ2) is 8.72. The molecule has 0 atom stereocenters. The predicted octanol–water partition coefficient (Wildman–Crippen LogP) is 4.02. The van der Waals surface area contributed by atoms with Crippen LogP contribution in [0.2, 0.25) is 0 Å². The maximum Gasteiger partial charge on any atom is 0.144 e. The number of anilines is 3. The van der Waals surface area contributed by atoms with Crippen LogP contribution >= 0.6 is 0 Å². The predicted molar refractivity (Wildman–Crippen MR) is 121 cm³/mol. The Kier molecular flexibility index (Phi) is 5.47. The van der Waals surface area contributed by atoms with Gasteiger partial charge in [0.2, 0.25) is 0 Å². The molecule has 3 aromatic heterocycles. The van der Waals surface area contributed by atoms with Gasteiger partial charge in [0.15, 0.2) is 0 Å². The molecular formula is C23H24N6O3. The van der Waals surface area contributed by atoms with Crippen molar-refractivity contribution >= 4 is 17.2 Å². The van der Waals surface area contributed by atoms with E-state index in [0.29, 0.717) is 5.82 Å². The molecule has 2 N–H and O–H groups in total. The fraction of sp³-hybridized carbons (Fsp3) is 0.261. The van der Waals surface area contributed by atoms with Crippen LogP contribution < -0.4 is 15.0 Å². The number of aromatic amines is 1. The molecule has 9 nitrogen and oxygen atoms in total. The van der Waals surface area contributed by atoms with Crippen LogP contribution in [0.15, 0.2) is 53.5 Å². The number of methoxy groups -OCH3 is 1. The Labute approximate surface area is 185 Å². The van der Waals surface area contributed by atoms with Gasteiger partial charge in [-0.1, -0.05) is 5.16 Å². The van der Waals surface area contributed by atoms with E-state index in [-0.39, 0.29) is 0 Å². The third-order valence-corrected chi connectivity index (χ3v) is 5.53. The maximum absolute atomic E-state index is 5.65. The molecule has 32 heavy (non-hydrogen) atoms. The summed E-state index contributed by atoms with van der Waals surface area (Å²) < 4.78 is 16.4. The molecule has 0 bridgehead atoms. The lowest BCUT2D eigenvalue weighted by Gasteiger charge is -2.30. The zero-order valence-corrected chi connectivity index (χ0v) is 18.0. The lowest BCUT2D eigenvalue weighted by atomic mass is 10.0. The topological polar surface area (TPSA) is 101 Å². The molecule has 1 fully saturated rings. The van der Waals surface area contributed by atoms with E-state index in [1.54, 1.807) is 25.8 Å². The number of ether oxygens (including phenoxy) is 2. The molecule has 4 aromatic rings. The second-order valence-electron chi connectivity index (χ2n) is 7.53. The number of hydrogen-bond acceptors (Lipinski definition) is 8. The van der Waals surface area contributed by atoms with Gasteiger partial charge in [-0.2, -0.15) is 5.10 Å². The number of aryl methyl sites for hydroxylation is 1. The molecule has 0 spiro atoms. The van der Waals surface area contributed by atoms with E-state index in [9.17, 15) is 0 Å². The van der Waals surface area contributed by atoms with Gasteiger partial charge in [0.05, 0.1) is 37.8 Å². The van der Waals surface area contributed by atoms with Crippen molar-refractivity contribution in [2.75, 3.05) is 43.6 Å². The van der Waals surface area contributed by atoms with Crippen molar-refractivity contribution in [1.29, 1.82) is 0 Å². The van der Waals surface area contributed by atoms with Gasteiger partial charge in [-0.25, -0.2) is 4.98 Å². The van der Waals surface area contributed by atoms with Crippen LogP contribution in [-0.2, 0) is 4.74 Å². The summed E-state index contributed by atoms with van der Waals surface area (Å²) in [5.41, 5.74) is 6.36. The molecule has 5 rings (SSSR count). The molecule has 9 heteroatoms. The minimum absolute atomic E-state index is 0.696. The first-order valence-electron chi connectivity index (χ1n) is 10.4. The van der Waals surface area contributed by atoms with Crippen LogP contribution in [-0.4, -0.2) is 53.8 Å². The lowest BCUT2D eigenvalue weighted by Crippen LogP contribution is -2.36. The number of rotatable bonds is 6. The van der Waals surface area contributed by atoms with Crippen molar-refractivity contribution in [3.63, 3.8) is 0 Å². The number of hydrogen-bond donors (Lipinski definition) is 2. The Hall–Kier alpha value is -3.85. The first kappa shape index (κ1) is 20.1. The number of morpholine rings is 1. The Morgan fingerprint density at radius 1 is 1.12 bits per heavy atom. The van der Waals surface area contributed by atoms with E-state index in [2.05, 4.69) is 36.6 Å². The van der Waals surface area contributed by atoms with Gasteiger partial charge in [-0.15, -0.1) is 0 Å². The average molecular weight is 432 g/mol. The normalized spacial score (nSPS) is 13.9. The van der Waals surface area contributed by atoms with Crippen LogP contribution in [0.1, 0.15) is 5.69 Å². The highest BCUT2D eigenvalue weighted by Gasteiger charge is 2.17. The molecule has 4 heterocycles. The minimum atomic E-state index is 0.696. The van der Waals surface area contributed by atoms with Crippen LogP contribution in [0, 0.1) is 6.92 Å². The Morgan fingerprint density at radius 3 is 2.78 bits per heavy atom. The largest absolute Gasteiger partial charge is 0.495 e. The van der Waals surface area contributed by atoms with Gasteiger partial charge in [0.1, 0.15) is 23.5 Å². The summed E-state index contributed by atoms with van der Waals surface area (Å²) in [4.78, 5) is 6.74. The summed E-state index contributed by atoms with van der Waals surface area (Å²) in [6.45, 7) is 5.11.